The number of aliphatic hydroxyl groups is 2. The summed E-state index contributed by atoms with van der Waals surface area (Å²) in [5.74, 6) is -18.4. The highest BCUT2D eigenvalue weighted by Crippen LogP contribution is 2.14. The molecule has 0 saturated heterocycles. The van der Waals surface area contributed by atoms with Crippen molar-refractivity contribution in [3.05, 3.63) is 18.2 Å². The number of nitrogens with zero attached hydrogens (tertiary/aromatic N) is 1. The van der Waals surface area contributed by atoms with Crippen LogP contribution in [0, 0.1) is 41.4 Å². The van der Waals surface area contributed by atoms with Gasteiger partial charge >= 0.3 is 5.97 Å². The van der Waals surface area contributed by atoms with Crippen LogP contribution in [-0.2, 0) is 87.9 Å². The number of rotatable bonds is 48. The van der Waals surface area contributed by atoms with Gasteiger partial charge < -0.3 is 112 Å². The Hall–Kier alpha value is -9.92. The molecule has 23 N–H and O–H groups in total. The predicted octanol–water partition coefficient (Wildman–Crippen LogP) is -6.42. The van der Waals surface area contributed by atoms with Crippen LogP contribution in [0.5, 0.6) is 0 Å². The summed E-state index contributed by atoms with van der Waals surface area (Å²) in [4.78, 5) is 232. The highest BCUT2D eigenvalue weighted by atomic mass is 16.4. The van der Waals surface area contributed by atoms with Crippen LogP contribution in [0.3, 0.4) is 0 Å². The van der Waals surface area contributed by atoms with Gasteiger partial charge in [-0.2, -0.15) is 0 Å². The molecule has 0 bridgehead atoms. The summed E-state index contributed by atoms with van der Waals surface area (Å²) < 4.78 is 0. The van der Waals surface area contributed by atoms with E-state index in [4.69, 9.17) is 11.5 Å². The van der Waals surface area contributed by atoms with E-state index in [9.17, 15) is 96.8 Å². The number of hydrogen-bond donors (Lipinski definition) is 21. The first-order valence-electron chi connectivity index (χ1n) is 35.2. The van der Waals surface area contributed by atoms with Crippen LogP contribution >= 0.6 is 0 Å². The number of aromatic nitrogens is 2. The van der Waals surface area contributed by atoms with Crippen molar-refractivity contribution in [3.63, 3.8) is 0 Å². The first-order valence-corrected chi connectivity index (χ1v) is 35.2. The molecule has 0 radical (unpaired) electrons. The van der Waals surface area contributed by atoms with E-state index in [1.54, 1.807) is 83.1 Å². The van der Waals surface area contributed by atoms with Crippen molar-refractivity contribution in [2.45, 2.75) is 228 Å². The molecule has 1 aromatic heterocycles. The SMILES string of the molecule is CC(C)C[C@H](NC(=O)[C@H](C)NC(=O)[C@H](CC(C)C)NC(=O)[C@H](CC(N)=O)NC(=O)[C@H](CO)NC(=O)[C@H](CC(C)C)NC(=O)[C@@H](NC(=O)CNC(=O)CNC(=O)[C@H](CO)NC(=O)[C@@H](NC(=O)CNC(=O)[C@H](C)NC(=O)[C@@H](NC(=O)[C@@H](N)CC(C)C)C(C)C)C(C)C)C(C)C)C(=O)N[C@@H](Cc1cnc[nH]1)C(=O)O. The van der Waals surface area contributed by atoms with Gasteiger partial charge in [-0.3, -0.25) is 76.7 Å². The molecule has 0 aliphatic rings. The van der Waals surface area contributed by atoms with Gasteiger partial charge in [0.05, 0.1) is 51.6 Å². The second-order valence-corrected chi connectivity index (χ2v) is 28.7. The molecule has 39 nitrogen and oxygen atoms in total. The van der Waals surface area contributed by atoms with E-state index in [-0.39, 0.29) is 49.4 Å². The summed E-state index contributed by atoms with van der Waals surface area (Å²) in [6.45, 7) is 22.0. The lowest BCUT2D eigenvalue weighted by molar-refractivity contribution is -0.142. The molecule has 106 heavy (non-hydrogen) atoms. The second kappa shape index (κ2) is 46.8. The fourth-order valence-corrected chi connectivity index (χ4v) is 10.2. The number of imidazole rings is 1. The van der Waals surface area contributed by atoms with Gasteiger partial charge in [0, 0.05) is 18.3 Å². The lowest BCUT2D eigenvalue weighted by atomic mass is 9.99. The molecule has 39 heteroatoms. The van der Waals surface area contributed by atoms with Gasteiger partial charge in [-0.15, -0.1) is 0 Å². The van der Waals surface area contributed by atoms with Crippen LogP contribution in [-0.4, -0.2) is 237 Å². The summed E-state index contributed by atoms with van der Waals surface area (Å²) in [7, 11) is 0. The minimum Gasteiger partial charge on any atom is -0.480 e. The normalized spacial score (nSPS) is 15.0. The average molecular weight is 1510 g/mol. The van der Waals surface area contributed by atoms with Gasteiger partial charge in [0.15, 0.2) is 0 Å². The third-order valence-electron chi connectivity index (χ3n) is 15.9. The molecular formula is C67H115N19O20. The number of carboxylic acid groups (broad SMARTS) is 1. The topological polar surface area (TPSA) is 612 Å². The van der Waals surface area contributed by atoms with Gasteiger partial charge in [-0.1, -0.05) is 96.9 Å². The molecule has 0 aromatic carbocycles. The highest BCUT2D eigenvalue weighted by molar-refractivity contribution is 6.00. The maximum atomic E-state index is 13.9. The molecule has 16 amide bonds. The number of carbonyl (C=O) groups excluding carboxylic acids is 16. The molecule has 598 valence electrons. The van der Waals surface area contributed by atoms with Crippen molar-refractivity contribution in [1.82, 2.24) is 89.7 Å². The smallest absolute Gasteiger partial charge is 0.326 e. The maximum absolute atomic E-state index is 13.9. The summed E-state index contributed by atoms with van der Waals surface area (Å²) in [6, 6.07) is -18.0. The molecular weight excluding hydrogens is 1390 g/mol. The fourth-order valence-electron chi connectivity index (χ4n) is 10.2. The molecule has 0 aliphatic carbocycles. The Morgan fingerprint density at radius 2 is 0.717 bits per heavy atom. The second-order valence-electron chi connectivity index (χ2n) is 28.7. The summed E-state index contributed by atoms with van der Waals surface area (Å²) in [5, 5.41) is 66.3. The predicted molar refractivity (Wildman–Crippen MR) is 382 cm³/mol. The molecule has 13 atom stereocenters. The molecule has 0 unspecified atom stereocenters. The Labute approximate surface area is 616 Å². The van der Waals surface area contributed by atoms with Crippen molar-refractivity contribution in [2.75, 3.05) is 32.8 Å². The third kappa shape index (κ3) is 35.2. The first-order chi connectivity index (χ1) is 49.3. The van der Waals surface area contributed by atoms with E-state index in [0.29, 0.717) is 12.1 Å². The summed E-state index contributed by atoms with van der Waals surface area (Å²) in [5.41, 5.74) is 11.9. The maximum Gasteiger partial charge on any atom is 0.326 e. The fraction of sp³-hybridized carbons (Fsp3) is 0.701. The Morgan fingerprint density at radius 1 is 0.377 bits per heavy atom. The van der Waals surface area contributed by atoms with Crippen LogP contribution in [0.1, 0.15) is 149 Å². The van der Waals surface area contributed by atoms with E-state index in [1.807, 2.05) is 13.8 Å². The van der Waals surface area contributed by atoms with E-state index in [0.717, 1.165) is 0 Å². The Morgan fingerprint density at radius 3 is 1.15 bits per heavy atom. The van der Waals surface area contributed by atoms with E-state index in [2.05, 4.69) is 89.7 Å². The van der Waals surface area contributed by atoms with Crippen LogP contribution < -0.4 is 91.2 Å². The number of aromatic amines is 1. The van der Waals surface area contributed by atoms with Crippen molar-refractivity contribution in [1.29, 1.82) is 0 Å². The molecule has 0 saturated carbocycles. The zero-order chi connectivity index (χ0) is 81.2. The van der Waals surface area contributed by atoms with Crippen LogP contribution in [0.15, 0.2) is 12.5 Å². The molecule has 0 fully saturated rings. The van der Waals surface area contributed by atoms with Gasteiger partial charge in [0.25, 0.3) is 0 Å². The third-order valence-corrected chi connectivity index (χ3v) is 15.9. The lowest BCUT2D eigenvalue weighted by Crippen LogP contribution is -2.61. The van der Waals surface area contributed by atoms with Gasteiger partial charge in [-0.25, -0.2) is 9.78 Å². The van der Waals surface area contributed by atoms with Gasteiger partial charge in [0.1, 0.15) is 72.5 Å². The highest BCUT2D eigenvalue weighted by Gasteiger charge is 2.37. The number of aliphatic carboxylic acids is 1. The van der Waals surface area contributed by atoms with Gasteiger partial charge in [0.2, 0.25) is 94.5 Å². The van der Waals surface area contributed by atoms with E-state index in [1.165, 1.54) is 26.4 Å². The Balaban J connectivity index is 3.03. The molecule has 1 heterocycles. The number of amides is 16. The Bertz CT molecular complexity index is 3160. The monoisotopic (exact) mass is 1510 g/mol. The molecule has 0 spiro atoms. The van der Waals surface area contributed by atoms with Crippen molar-refractivity contribution >= 4 is 100 Å². The number of nitrogens with one attached hydrogen (secondary N) is 16. The minimum atomic E-state index is -1.85. The lowest BCUT2D eigenvalue weighted by Gasteiger charge is -2.28. The van der Waals surface area contributed by atoms with Gasteiger partial charge in [-0.05, 0) is 81.0 Å². The number of aliphatic hydroxyl groups excluding tert-OH is 2. The minimum absolute atomic E-state index is 0.0644. The molecule has 0 aliphatic heterocycles. The van der Waals surface area contributed by atoms with Crippen LogP contribution in [0.4, 0.5) is 0 Å². The van der Waals surface area contributed by atoms with Crippen molar-refractivity contribution in [2.24, 2.45) is 52.9 Å². The Kier molecular flexibility index (Phi) is 41.6. The number of carbonyl (C=O) groups is 17. The summed E-state index contributed by atoms with van der Waals surface area (Å²) >= 11 is 0. The quantitative estimate of drug-likeness (QED) is 0.0288. The standard InChI is InChI=1S/C67H115N19O20/c1-30(2)17-40(68)57(95)86-54(36(13)14)64(102)76-37(15)55(93)72-26-51(92)85-53(35(11)12)66(104)83-46(27-87)58(96)73-24-49(90)71-25-50(91)84-52(34(9)10)65(103)80-43(20-33(7)8)61(99)82-47(28-88)63(101)79-44(22-48(69)89)62(100)78-41(18-31(3)4)59(97)75-38(16)56(94)77-42(19-32(5)6)60(98)81-45(67(105)106)21-39-23-70-29-74-39/h23,29-38,40-47,52-54,87-88H,17-22,24-28,68H2,1-16H3,(H2,69,89)(H,70,74)(H,71,90)(H,72,93)(H,73,96)(H,75,97)(H,76,102)(H,77,94)(H,78,100)(H,79,101)(H,80,103)(H,81,98)(H,82,99)(H,83,104)(H,84,91)(H,85,92)(H,86,95)(H,105,106)/t37-,38-,40-,41-,42-,43-,44-,45-,46-,47-,52-,53-,54-/m0/s1. The van der Waals surface area contributed by atoms with Crippen molar-refractivity contribution in [3.8, 4) is 0 Å². The zero-order valence-electron chi connectivity index (χ0n) is 63.4. The van der Waals surface area contributed by atoms with E-state index >= 15 is 0 Å². The number of primary amides is 1. The number of H-pyrrole nitrogens is 1. The van der Waals surface area contributed by atoms with Crippen molar-refractivity contribution < 1.29 is 96.8 Å². The van der Waals surface area contributed by atoms with Crippen LogP contribution in [0.2, 0.25) is 0 Å². The summed E-state index contributed by atoms with van der Waals surface area (Å²) in [6.07, 6.45) is 2.00. The largest absolute Gasteiger partial charge is 0.480 e. The molecule has 1 rings (SSSR count). The van der Waals surface area contributed by atoms with Crippen LogP contribution in [0.25, 0.3) is 0 Å². The average Bonchev–Trinajstić information content (AvgIpc) is 0.913. The molecule has 1 aromatic rings. The number of carboxylic acids is 1. The zero-order valence-corrected chi connectivity index (χ0v) is 63.4. The number of hydrogen-bond acceptors (Lipinski definition) is 21. The first kappa shape index (κ1) is 94.1. The number of nitrogens with two attached hydrogens (primary N) is 2. The van der Waals surface area contributed by atoms with E-state index < -0.39 is 236 Å².